The summed E-state index contributed by atoms with van der Waals surface area (Å²) in [7, 11) is 0. The highest BCUT2D eigenvalue weighted by atomic mass is 16.5. The van der Waals surface area contributed by atoms with Crippen LogP contribution in [0.2, 0.25) is 0 Å². The van der Waals surface area contributed by atoms with E-state index in [2.05, 4.69) is 10.5 Å². The molecule has 1 aromatic carbocycles. The monoisotopic (exact) mass is 279 g/mol. The van der Waals surface area contributed by atoms with Crippen molar-refractivity contribution in [1.29, 1.82) is 0 Å². The Hall–Kier alpha value is -2.08. The molecule has 0 aliphatic carbocycles. The first-order valence-electron chi connectivity index (χ1n) is 6.39. The molecule has 4 N–H and O–H groups in total. The van der Waals surface area contributed by atoms with E-state index in [1.54, 1.807) is 24.3 Å². The first-order chi connectivity index (χ1) is 9.39. The lowest BCUT2D eigenvalue weighted by Gasteiger charge is -2.24. The largest absolute Gasteiger partial charge is 0.409 e. The molecule has 0 bridgehead atoms. The van der Waals surface area contributed by atoms with Gasteiger partial charge in [0.1, 0.15) is 0 Å². The number of rotatable bonds is 6. The average Bonchev–Trinajstić information content (AvgIpc) is 2.44. The maximum absolute atomic E-state index is 12.0. The lowest BCUT2D eigenvalue weighted by atomic mass is 10.1. The van der Waals surface area contributed by atoms with Gasteiger partial charge in [0.15, 0.2) is 5.84 Å². The van der Waals surface area contributed by atoms with Crippen molar-refractivity contribution in [2.45, 2.75) is 26.4 Å². The van der Waals surface area contributed by atoms with Crippen molar-refractivity contribution in [1.82, 2.24) is 5.32 Å². The van der Waals surface area contributed by atoms with Crippen LogP contribution in [0.5, 0.6) is 0 Å². The van der Waals surface area contributed by atoms with Crippen molar-refractivity contribution >= 4 is 11.7 Å². The zero-order chi connectivity index (χ0) is 15.2. The molecule has 0 aliphatic rings. The van der Waals surface area contributed by atoms with E-state index in [1.165, 1.54) is 0 Å². The van der Waals surface area contributed by atoms with E-state index in [0.717, 1.165) is 0 Å². The SMILES string of the molecule is CCOC(C)(C)CNC(=O)c1ccc(/C(N)=N/O)cc1. The Labute approximate surface area is 118 Å². The van der Waals surface area contributed by atoms with Crippen molar-refractivity contribution in [2.24, 2.45) is 10.9 Å². The standard InChI is InChI=1S/C14H21N3O3/c1-4-20-14(2,3)9-16-13(18)11-7-5-10(6-8-11)12(15)17-19/h5-8,19H,4,9H2,1-3H3,(H2,15,17)(H,16,18). The molecule has 0 aromatic heterocycles. The Morgan fingerprint density at radius 1 is 1.35 bits per heavy atom. The van der Waals surface area contributed by atoms with Gasteiger partial charge in [0.05, 0.1) is 5.60 Å². The van der Waals surface area contributed by atoms with Crippen LogP contribution in [0.15, 0.2) is 29.4 Å². The fraction of sp³-hybridized carbons (Fsp3) is 0.429. The van der Waals surface area contributed by atoms with Crippen LogP contribution in [-0.4, -0.2) is 35.7 Å². The molecule has 6 heteroatoms. The topological polar surface area (TPSA) is 96.9 Å². The summed E-state index contributed by atoms with van der Waals surface area (Å²) in [6.07, 6.45) is 0. The first-order valence-corrected chi connectivity index (χ1v) is 6.39. The van der Waals surface area contributed by atoms with E-state index < -0.39 is 5.60 Å². The quantitative estimate of drug-likeness (QED) is 0.317. The van der Waals surface area contributed by atoms with Crippen LogP contribution in [0.3, 0.4) is 0 Å². The van der Waals surface area contributed by atoms with E-state index in [4.69, 9.17) is 15.7 Å². The Kier molecular flexibility index (Phi) is 5.52. The predicted octanol–water partition coefficient (Wildman–Crippen LogP) is 1.33. The molecule has 0 radical (unpaired) electrons. The number of oxime groups is 1. The van der Waals surface area contributed by atoms with Gasteiger partial charge in [0.2, 0.25) is 0 Å². The number of carbonyl (C=O) groups is 1. The third kappa shape index (κ3) is 4.55. The van der Waals surface area contributed by atoms with Crippen molar-refractivity contribution in [3.8, 4) is 0 Å². The van der Waals surface area contributed by atoms with Gasteiger partial charge in [-0.1, -0.05) is 17.3 Å². The normalized spacial score (nSPS) is 12.2. The highest BCUT2D eigenvalue weighted by molar-refractivity contribution is 5.99. The molecule has 0 saturated heterocycles. The first kappa shape index (κ1) is 16.0. The van der Waals surface area contributed by atoms with E-state index in [1.807, 2.05) is 20.8 Å². The second-order valence-electron chi connectivity index (χ2n) is 4.94. The van der Waals surface area contributed by atoms with Crippen LogP contribution in [0, 0.1) is 0 Å². The van der Waals surface area contributed by atoms with Crippen LogP contribution in [0.25, 0.3) is 0 Å². The molecule has 0 fully saturated rings. The highest BCUT2D eigenvalue weighted by Gasteiger charge is 2.19. The van der Waals surface area contributed by atoms with Crippen molar-refractivity contribution in [3.05, 3.63) is 35.4 Å². The Bertz CT molecular complexity index is 481. The molecule has 0 unspecified atom stereocenters. The maximum Gasteiger partial charge on any atom is 0.251 e. The molecule has 0 spiro atoms. The summed E-state index contributed by atoms with van der Waals surface area (Å²) in [6.45, 7) is 6.75. The van der Waals surface area contributed by atoms with Gasteiger partial charge in [-0.25, -0.2) is 0 Å². The molecule has 20 heavy (non-hydrogen) atoms. The third-order valence-electron chi connectivity index (χ3n) is 2.76. The summed E-state index contributed by atoms with van der Waals surface area (Å²) in [5.41, 5.74) is 6.11. The number of carbonyl (C=O) groups excluding carboxylic acids is 1. The minimum absolute atomic E-state index is 0.00874. The van der Waals surface area contributed by atoms with Crippen LogP contribution in [0.1, 0.15) is 36.7 Å². The van der Waals surface area contributed by atoms with Gasteiger partial charge in [-0.15, -0.1) is 0 Å². The molecular weight excluding hydrogens is 258 g/mol. The van der Waals surface area contributed by atoms with Gasteiger partial charge in [0, 0.05) is 24.3 Å². The fourth-order valence-electron chi connectivity index (χ4n) is 1.69. The molecular formula is C14H21N3O3. The molecule has 1 rings (SSSR count). The number of benzene rings is 1. The number of nitrogens with one attached hydrogen (secondary N) is 1. The number of ether oxygens (including phenoxy) is 1. The van der Waals surface area contributed by atoms with Crippen LogP contribution in [0.4, 0.5) is 0 Å². The van der Waals surface area contributed by atoms with Gasteiger partial charge in [-0.05, 0) is 32.9 Å². The zero-order valence-electron chi connectivity index (χ0n) is 12.0. The van der Waals surface area contributed by atoms with Gasteiger partial charge in [-0.2, -0.15) is 0 Å². The summed E-state index contributed by atoms with van der Waals surface area (Å²) < 4.78 is 5.51. The van der Waals surface area contributed by atoms with E-state index in [0.29, 0.717) is 24.3 Å². The predicted molar refractivity (Wildman–Crippen MR) is 77.0 cm³/mol. The van der Waals surface area contributed by atoms with Gasteiger partial charge >= 0.3 is 0 Å². The molecule has 1 amide bonds. The van der Waals surface area contributed by atoms with Crippen molar-refractivity contribution < 1.29 is 14.7 Å². The number of amides is 1. The second-order valence-corrected chi connectivity index (χ2v) is 4.94. The molecule has 0 aliphatic heterocycles. The fourth-order valence-corrected chi connectivity index (χ4v) is 1.69. The maximum atomic E-state index is 12.0. The van der Waals surface area contributed by atoms with Crippen LogP contribution < -0.4 is 11.1 Å². The number of nitrogens with zero attached hydrogens (tertiary/aromatic N) is 1. The van der Waals surface area contributed by atoms with E-state index in [9.17, 15) is 4.79 Å². The Morgan fingerprint density at radius 2 is 1.90 bits per heavy atom. The minimum atomic E-state index is -0.404. The lowest BCUT2D eigenvalue weighted by Crippen LogP contribution is -2.40. The van der Waals surface area contributed by atoms with E-state index >= 15 is 0 Å². The smallest absolute Gasteiger partial charge is 0.251 e. The summed E-state index contributed by atoms with van der Waals surface area (Å²) in [5.74, 6) is -0.182. The minimum Gasteiger partial charge on any atom is -0.409 e. The van der Waals surface area contributed by atoms with Gasteiger partial charge in [0.25, 0.3) is 5.91 Å². The molecule has 110 valence electrons. The van der Waals surface area contributed by atoms with E-state index in [-0.39, 0.29) is 11.7 Å². The van der Waals surface area contributed by atoms with Gasteiger partial charge in [-0.3, -0.25) is 4.79 Å². The third-order valence-corrected chi connectivity index (χ3v) is 2.76. The molecule has 0 heterocycles. The number of hydrogen-bond donors (Lipinski definition) is 3. The number of hydrogen-bond acceptors (Lipinski definition) is 4. The molecule has 0 atom stereocenters. The summed E-state index contributed by atoms with van der Waals surface area (Å²) in [5, 5.41) is 14.3. The molecule has 1 aromatic rings. The van der Waals surface area contributed by atoms with Gasteiger partial charge < -0.3 is 21.0 Å². The Balaban J connectivity index is 2.65. The summed E-state index contributed by atoms with van der Waals surface area (Å²) >= 11 is 0. The summed E-state index contributed by atoms with van der Waals surface area (Å²) in [4.78, 5) is 12.0. The van der Waals surface area contributed by atoms with Crippen LogP contribution >= 0.6 is 0 Å². The average molecular weight is 279 g/mol. The van der Waals surface area contributed by atoms with Crippen LogP contribution in [-0.2, 0) is 4.74 Å². The number of nitrogens with two attached hydrogens (primary N) is 1. The molecule has 0 saturated carbocycles. The van der Waals surface area contributed by atoms with Crippen molar-refractivity contribution in [2.75, 3.05) is 13.2 Å². The molecule has 6 nitrogen and oxygen atoms in total. The van der Waals surface area contributed by atoms with Crippen molar-refractivity contribution in [3.63, 3.8) is 0 Å². The highest BCUT2D eigenvalue weighted by Crippen LogP contribution is 2.08. The summed E-state index contributed by atoms with van der Waals surface area (Å²) in [6, 6.07) is 6.49. The Morgan fingerprint density at radius 3 is 2.40 bits per heavy atom. The second kappa shape index (κ2) is 6.91. The zero-order valence-corrected chi connectivity index (χ0v) is 12.0. The number of amidine groups is 1. The lowest BCUT2D eigenvalue weighted by molar-refractivity contribution is -0.00815.